The highest BCUT2D eigenvalue weighted by atomic mass is 32.1. The number of methoxy groups -OCH3 is 1. The van der Waals surface area contributed by atoms with E-state index in [1.54, 1.807) is 7.11 Å². The van der Waals surface area contributed by atoms with Gasteiger partial charge in [0.05, 0.1) is 6.61 Å². The first-order valence-electron chi connectivity index (χ1n) is 5.77. The molecule has 0 heterocycles. The van der Waals surface area contributed by atoms with Gasteiger partial charge < -0.3 is 15.4 Å². The van der Waals surface area contributed by atoms with Gasteiger partial charge in [-0.25, -0.2) is 0 Å². The van der Waals surface area contributed by atoms with E-state index in [0.29, 0.717) is 12.6 Å². The van der Waals surface area contributed by atoms with Gasteiger partial charge in [0, 0.05) is 19.7 Å². The average Bonchev–Trinajstić information content (AvgIpc) is 2.22. The second kappa shape index (κ2) is 7.01. The summed E-state index contributed by atoms with van der Waals surface area (Å²) in [6, 6.07) is 0.557. The Morgan fingerprint density at radius 2 is 2.13 bits per heavy atom. The van der Waals surface area contributed by atoms with E-state index in [2.05, 4.69) is 17.6 Å². The standard InChI is InChI=1S/C11H22N2OS/c1-9-5-3-4-6-10(9)13-11(15)12-7-8-14-2/h9-10H,3-8H2,1-2H3,(H2,12,13,15)/t9-,10+/m1/s1. The van der Waals surface area contributed by atoms with Crippen LogP contribution in [-0.2, 0) is 4.74 Å². The van der Waals surface area contributed by atoms with Crippen LogP contribution in [0.4, 0.5) is 0 Å². The molecule has 0 aromatic heterocycles. The van der Waals surface area contributed by atoms with Crippen molar-refractivity contribution in [3.63, 3.8) is 0 Å². The maximum absolute atomic E-state index is 5.22. The Hall–Kier alpha value is -0.350. The molecule has 0 aromatic carbocycles. The molecule has 15 heavy (non-hydrogen) atoms. The van der Waals surface area contributed by atoms with Gasteiger partial charge in [-0.2, -0.15) is 0 Å². The van der Waals surface area contributed by atoms with Crippen LogP contribution >= 0.6 is 12.2 Å². The van der Waals surface area contributed by atoms with Crippen molar-refractivity contribution in [2.45, 2.75) is 38.6 Å². The molecule has 0 aromatic rings. The van der Waals surface area contributed by atoms with Crippen LogP contribution in [0, 0.1) is 5.92 Å². The fourth-order valence-electron chi connectivity index (χ4n) is 2.02. The number of hydrogen-bond donors (Lipinski definition) is 2. The summed E-state index contributed by atoms with van der Waals surface area (Å²) in [6.07, 6.45) is 5.25. The molecule has 2 atom stereocenters. The van der Waals surface area contributed by atoms with Crippen molar-refractivity contribution in [2.24, 2.45) is 5.92 Å². The van der Waals surface area contributed by atoms with E-state index in [4.69, 9.17) is 17.0 Å². The van der Waals surface area contributed by atoms with Gasteiger partial charge in [0.2, 0.25) is 0 Å². The second-order valence-electron chi connectivity index (χ2n) is 4.26. The fraction of sp³-hybridized carbons (Fsp3) is 0.909. The van der Waals surface area contributed by atoms with Crippen LogP contribution in [0.1, 0.15) is 32.6 Å². The third kappa shape index (κ3) is 4.80. The molecule has 3 nitrogen and oxygen atoms in total. The lowest BCUT2D eigenvalue weighted by Crippen LogP contribution is -2.46. The van der Waals surface area contributed by atoms with Crippen molar-refractivity contribution in [1.82, 2.24) is 10.6 Å². The summed E-state index contributed by atoms with van der Waals surface area (Å²) >= 11 is 5.22. The topological polar surface area (TPSA) is 33.3 Å². The van der Waals surface area contributed by atoms with Crippen molar-refractivity contribution in [3.05, 3.63) is 0 Å². The monoisotopic (exact) mass is 230 g/mol. The molecule has 0 amide bonds. The van der Waals surface area contributed by atoms with Gasteiger partial charge in [-0.1, -0.05) is 19.8 Å². The third-order valence-electron chi connectivity index (χ3n) is 3.02. The Morgan fingerprint density at radius 1 is 1.40 bits per heavy atom. The molecule has 0 saturated heterocycles. The zero-order valence-electron chi connectivity index (χ0n) is 9.71. The van der Waals surface area contributed by atoms with E-state index >= 15 is 0 Å². The number of thiocarbonyl (C=S) groups is 1. The van der Waals surface area contributed by atoms with Crippen molar-refractivity contribution in [1.29, 1.82) is 0 Å². The van der Waals surface area contributed by atoms with Crippen LogP contribution < -0.4 is 10.6 Å². The normalized spacial score (nSPS) is 26.0. The van der Waals surface area contributed by atoms with Gasteiger partial charge in [0.1, 0.15) is 0 Å². The molecule has 0 bridgehead atoms. The average molecular weight is 230 g/mol. The molecule has 1 aliphatic carbocycles. The summed E-state index contributed by atoms with van der Waals surface area (Å²) < 4.78 is 4.95. The maximum atomic E-state index is 5.22. The van der Waals surface area contributed by atoms with Crippen molar-refractivity contribution < 1.29 is 4.74 Å². The number of rotatable bonds is 4. The van der Waals surface area contributed by atoms with E-state index in [9.17, 15) is 0 Å². The summed E-state index contributed by atoms with van der Waals surface area (Å²) in [5.41, 5.74) is 0. The van der Waals surface area contributed by atoms with E-state index in [1.807, 2.05) is 0 Å². The van der Waals surface area contributed by atoms with E-state index in [-0.39, 0.29) is 0 Å². The van der Waals surface area contributed by atoms with Gasteiger partial charge in [0.25, 0.3) is 0 Å². The summed E-state index contributed by atoms with van der Waals surface area (Å²) in [5, 5.41) is 7.31. The number of ether oxygens (including phenoxy) is 1. The molecule has 0 aliphatic heterocycles. The molecule has 1 saturated carbocycles. The number of hydrogen-bond acceptors (Lipinski definition) is 2. The minimum absolute atomic E-state index is 0.557. The minimum atomic E-state index is 0.557. The highest BCUT2D eigenvalue weighted by molar-refractivity contribution is 7.80. The molecule has 1 fully saturated rings. The van der Waals surface area contributed by atoms with Crippen LogP contribution in [0.15, 0.2) is 0 Å². The molecule has 4 heteroatoms. The van der Waals surface area contributed by atoms with E-state index < -0.39 is 0 Å². The van der Waals surface area contributed by atoms with E-state index in [0.717, 1.165) is 17.6 Å². The summed E-state index contributed by atoms with van der Waals surface area (Å²) in [5.74, 6) is 0.737. The molecular weight excluding hydrogens is 208 g/mol. The van der Waals surface area contributed by atoms with Gasteiger partial charge >= 0.3 is 0 Å². The molecule has 88 valence electrons. The van der Waals surface area contributed by atoms with Crippen LogP contribution in [-0.4, -0.2) is 31.4 Å². The molecule has 2 N–H and O–H groups in total. The Labute approximate surface area is 98.0 Å². The first-order valence-corrected chi connectivity index (χ1v) is 6.18. The smallest absolute Gasteiger partial charge is 0.166 e. The largest absolute Gasteiger partial charge is 0.383 e. The quantitative estimate of drug-likeness (QED) is 0.569. The van der Waals surface area contributed by atoms with Crippen molar-refractivity contribution >= 4 is 17.3 Å². The van der Waals surface area contributed by atoms with Crippen LogP contribution in [0.25, 0.3) is 0 Å². The first-order chi connectivity index (χ1) is 7.24. The fourth-order valence-corrected chi connectivity index (χ4v) is 2.27. The Bertz CT molecular complexity index is 199. The zero-order chi connectivity index (χ0) is 11.1. The summed E-state index contributed by atoms with van der Waals surface area (Å²) in [6.45, 7) is 3.78. The van der Waals surface area contributed by atoms with Crippen LogP contribution in [0.5, 0.6) is 0 Å². The lowest BCUT2D eigenvalue weighted by Gasteiger charge is -2.30. The Morgan fingerprint density at radius 3 is 2.80 bits per heavy atom. The van der Waals surface area contributed by atoms with Crippen LogP contribution in [0.2, 0.25) is 0 Å². The number of nitrogens with one attached hydrogen (secondary N) is 2. The van der Waals surface area contributed by atoms with Crippen LogP contribution in [0.3, 0.4) is 0 Å². The molecular formula is C11H22N2OS. The zero-order valence-corrected chi connectivity index (χ0v) is 10.5. The predicted molar refractivity (Wildman–Crippen MR) is 67.0 cm³/mol. The highest BCUT2D eigenvalue weighted by Gasteiger charge is 2.21. The Kier molecular flexibility index (Phi) is 5.95. The summed E-state index contributed by atoms with van der Waals surface area (Å²) in [4.78, 5) is 0. The third-order valence-corrected chi connectivity index (χ3v) is 3.28. The minimum Gasteiger partial charge on any atom is -0.383 e. The molecule has 0 radical (unpaired) electrons. The van der Waals surface area contributed by atoms with Crippen molar-refractivity contribution in [3.8, 4) is 0 Å². The maximum Gasteiger partial charge on any atom is 0.166 e. The van der Waals surface area contributed by atoms with Gasteiger partial charge in [-0.05, 0) is 31.0 Å². The molecule has 1 rings (SSSR count). The SMILES string of the molecule is COCCNC(=S)N[C@H]1CCCC[C@H]1C. The summed E-state index contributed by atoms with van der Waals surface area (Å²) in [7, 11) is 1.70. The van der Waals surface area contributed by atoms with Crippen molar-refractivity contribution in [2.75, 3.05) is 20.3 Å². The van der Waals surface area contributed by atoms with Gasteiger partial charge in [-0.15, -0.1) is 0 Å². The lowest BCUT2D eigenvalue weighted by molar-refractivity contribution is 0.203. The molecule has 0 spiro atoms. The lowest BCUT2D eigenvalue weighted by atomic mass is 9.86. The highest BCUT2D eigenvalue weighted by Crippen LogP contribution is 2.23. The Balaban J connectivity index is 2.18. The van der Waals surface area contributed by atoms with E-state index in [1.165, 1.54) is 25.7 Å². The molecule has 1 aliphatic rings. The van der Waals surface area contributed by atoms with Gasteiger partial charge in [0.15, 0.2) is 5.11 Å². The molecule has 0 unspecified atom stereocenters. The second-order valence-corrected chi connectivity index (χ2v) is 4.67. The van der Waals surface area contributed by atoms with Gasteiger partial charge in [-0.3, -0.25) is 0 Å². The predicted octanol–water partition coefficient (Wildman–Crippen LogP) is 1.68. The first kappa shape index (κ1) is 12.7.